The fraction of sp³-hybridized carbons (Fsp3) is 0.444. The molecule has 134 valence electrons. The summed E-state index contributed by atoms with van der Waals surface area (Å²) in [5.74, 6) is 1.38. The van der Waals surface area contributed by atoms with Gasteiger partial charge in [-0.05, 0) is 65.5 Å². The molecule has 0 bridgehead atoms. The number of amides is 1. The molecule has 1 amide bonds. The third-order valence-corrected chi connectivity index (χ3v) is 7.65. The number of nitrogens with two attached hydrogens (primary N) is 1. The molecule has 4 nitrogen and oxygen atoms in total. The minimum Gasteiger partial charge on any atom is -0.378 e. The van der Waals surface area contributed by atoms with Crippen LogP contribution in [0.5, 0.6) is 0 Å². The van der Waals surface area contributed by atoms with Crippen LogP contribution in [-0.2, 0) is 8.34 Å². The lowest BCUT2D eigenvalue weighted by molar-refractivity contribution is -0.116. The number of carbonyl (C=O) groups excluding carboxylic acids is 1. The third-order valence-electron chi connectivity index (χ3n) is 4.41. The normalized spacial score (nSPS) is 29.1. The van der Waals surface area contributed by atoms with E-state index in [0.717, 1.165) is 36.3 Å². The zero-order valence-electron chi connectivity index (χ0n) is 13.8. The smallest absolute Gasteiger partial charge is 0.224 e. The molecule has 1 aromatic rings. The molecule has 1 aliphatic heterocycles. The van der Waals surface area contributed by atoms with Gasteiger partial charge in [0.05, 0.1) is 0 Å². The van der Waals surface area contributed by atoms with Crippen LogP contribution in [0.3, 0.4) is 0 Å². The zero-order chi connectivity index (χ0) is 17.9. The van der Waals surface area contributed by atoms with Crippen molar-refractivity contribution in [2.45, 2.75) is 33.2 Å². The Bertz CT molecular complexity index is 709. The monoisotopic (exact) mass is 581 g/mol. The maximum atomic E-state index is 12.4. The van der Waals surface area contributed by atoms with Gasteiger partial charge in [-0.3, -0.25) is 4.79 Å². The van der Waals surface area contributed by atoms with Crippen molar-refractivity contribution in [2.75, 3.05) is 11.1 Å². The summed E-state index contributed by atoms with van der Waals surface area (Å²) < 4.78 is 0.269. The molecule has 3 atom stereocenters. The van der Waals surface area contributed by atoms with Crippen LogP contribution in [-0.4, -0.2) is 20.8 Å². The van der Waals surface area contributed by atoms with Crippen LogP contribution in [0.1, 0.15) is 31.2 Å². The highest BCUT2D eigenvalue weighted by atomic mass is 127. The number of aliphatic imine (C=N–C) groups is 1. The first kappa shape index (κ1) is 19.5. The third kappa shape index (κ3) is 5.35. The number of thioether (sulfide) groups is 1. The van der Waals surface area contributed by atoms with Crippen molar-refractivity contribution >= 4 is 73.7 Å². The summed E-state index contributed by atoms with van der Waals surface area (Å²) in [7, 11) is 0. The van der Waals surface area contributed by atoms with E-state index >= 15 is 0 Å². The highest BCUT2D eigenvalue weighted by molar-refractivity contribution is 14.1. The Hall–Kier alpha value is -0.290. The lowest BCUT2D eigenvalue weighted by Gasteiger charge is -2.28. The minimum atomic E-state index is -0.338. The van der Waals surface area contributed by atoms with Crippen LogP contribution in [0.15, 0.2) is 41.4 Å². The van der Waals surface area contributed by atoms with Crippen molar-refractivity contribution in [2.24, 2.45) is 16.6 Å². The predicted octanol–water partition coefficient (Wildman–Crippen LogP) is 4.82. The summed E-state index contributed by atoms with van der Waals surface area (Å²) in [6.45, 7) is 0. The van der Waals surface area contributed by atoms with Gasteiger partial charge in [-0.15, -0.1) is 0 Å². The standard InChI is InChI=1S/C18H21I2N3OS/c19-14-6-4-12(5-7-14)10-16(24)22-15-3-1-2-13(11-15)18(20)8-9-25-17(21)23-18/h1-4,6,11-12,14H,5,7-10H2,(H2,21,23)(H,22,24). The van der Waals surface area contributed by atoms with Gasteiger partial charge in [0, 0.05) is 21.8 Å². The molecule has 1 heterocycles. The molecule has 0 fully saturated rings. The largest absolute Gasteiger partial charge is 0.378 e. The van der Waals surface area contributed by atoms with E-state index in [1.807, 2.05) is 18.2 Å². The fourth-order valence-corrected chi connectivity index (χ4v) is 5.88. The Labute approximate surface area is 180 Å². The first-order chi connectivity index (χ1) is 11.9. The van der Waals surface area contributed by atoms with Gasteiger partial charge in [0.1, 0.15) is 3.55 Å². The number of halogens is 2. The number of nitrogens with one attached hydrogen (secondary N) is 1. The summed E-state index contributed by atoms with van der Waals surface area (Å²) in [6.07, 6.45) is 8.11. The Morgan fingerprint density at radius 1 is 1.40 bits per heavy atom. The maximum absolute atomic E-state index is 12.4. The lowest BCUT2D eigenvalue weighted by Crippen LogP contribution is -2.26. The molecule has 0 saturated carbocycles. The molecule has 1 aromatic carbocycles. The van der Waals surface area contributed by atoms with Crippen molar-refractivity contribution in [1.29, 1.82) is 0 Å². The zero-order valence-corrected chi connectivity index (χ0v) is 18.9. The Balaban J connectivity index is 1.66. The van der Waals surface area contributed by atoms with Gasteiger partial charge in [0.15, 0.2) is 5.17 Å². The number of alkyl halides is 2. The highest BCUT2D eigenvalue weighted by Gasteiger charge is 2.31. The van der Waals surface area contributed by atoms with Gasteiger partial charge >= 0.3 is 0 Å². The van der Waals surface area contributed by atoms with E-state index in [0.29, 0.717) is 21.4 Å². The van der Waals surface area contributed by atoms with E-state index in [2.05, 4.69) is 73.7 Å². The van der Waals surface area contributed by atoms with Crippen LogP contribution in [0.25, 0.3) is 0 Å². The molecule has 25 heavy (non-hydrogen) atoms. The molecular formula is C18H21I2N3OS. The average Bonchev–Trinajstić information content (AvgIpc) is 2.57. The first-order valence-electron chi connectivity index (χ1n) is 8.34. The Morgan fingerprint density at radius 2 is 2.24 bits per heavy atom. The van der Waals surface area contributed by atoms with E-state index in [1.165, 1.54) is 0 Å². The highest BCUT2D eigenvalue weighted by Crippen LogP contribution is 2.42. The Kier molecular flexibility index (Phi) is 6.70. The van der Waals surface area contributed by atoms with Crippen LogP contribution in [0.4, 0.5) is 5.69 Å². The van der Waals surface area contributed by atoms with Gasteiger partial charge in [-0.25, -0.2) is 4.99 Å². The second kappa shape index (κ2) is 8.60. The van der Waals surface area contributed by atoms with E-state index in [-0.39, 0.29) is 9.45 Å². The van der Waals surface area contributed by atoms with Crippen LogP contribution < -0.4 is 11.1 Å². The number of rotatable bonds is 4. The fourth-order valence-electron chi connectivity index (χ4n) is 3.06. The maximum Gasteiger partial charge on any atom is 0.224 e. The number of benzene rings is 1. The molecular weight excluding hydrogens is 560 g/mol. The van der Waals surface area contributed by atoms with Crippen molar-refractivity contribution in [3.05, 3.63) is 42.0 Å². The van der Waals surface area contributed by atoms with Gasteiger partial charge in [0.2, 0.25) is 5.91 Å². The summed E-state index contributed by atoms with van der Waals surface area (Å²) in [4.78, 5) is 17.0. The van der Waals surface area contributed by atoms with Crippen LogP contribution in [0.2, 0.25) is 0 Å². The number of carbonyl (C=O) groups is 1. The molecule has 0 aromatic heterocycles. The first-order valence-corrected chi connectivity index (χ1v) is 11.7. The van der Waals surface area contributed by atoms with E-state index in [4.69, 9.17) is 5.73 Å². The molecule has 0 radical (unpaired) electrons. The molecule has 0 saturated heterocycles. The van der Waals surface area contributed by atoms with E-state index in [1.54, 1.807) is 11.8 Å². The van der Waals surface area contributed by atoms with Gasteiger partial charge in [-0.1, -0.05) is 58.6 Å². The Morgan fingerprint density at radius 3 is 2.96 bits per heavy atom. The average molecular weight is 581 g/mol. The quantitative estimate of drug-likeness (QED) is 0.232. The lowest BCUT2D eigenvalue weighted by atomic mass is 9.93. The molecule has 7 heteroatoms. The number of hydrogen-bond donors (Lipinski definition) is 2. The van der Waals surface area contributed by atoms with E-state index < -0.39 is 0 Å². The van der Waals surface area contributed by atoms with Crippen molar-refractivity contribution in [3.8, 4) is 0 Å². The van der Waals surface area contributed by atoms with Crippen molar-refractivity contribution in [1.82, 2.24) is 0 Å². The van der Waals surface area contributed by atoms with Crippen LogP contribution >= 0.6 is 56.9 Å². The van der Waals surface area contributed by atoms with E-state index in [9.17, 15) is 4.79 Å². The van der Waals surface area contributed by atoms with Gasteiger partial charge in [0.25, 0.3) is 0 Å². The topological polar surface area (TPSA) is 67.5 Å². The van der Waals surface area contributed by atoms with Gasteiger partial charge < -0.3 is 11.1 Å². The van der Waals surface area contributed by atoms with Crippen molar-refractivity contribution in [3.63, 3.8) is 0 Å². The number of nitrogens with zero attached hydrogens (tertiary/aromatic N) is 1. The predicted molar refractivity (Wildman–Crippen MR) is 124 cm³/mol. The van der Waals surface area contributed by atoms with Crippen LogP contribution in [0, 0.1) is 5.92 Å². The molecule has 3 rings (SSSR count). The summed E-state index contributed by atoms with van der Waals surface area (Å²) in [5, 5.41) is 3.68. The number of hydrogen-bond acceptors (Lipinski definition) is 4. The molecule has 0 spiro atoms. The molecule has 3 N–H and O–H groups in total. The molecule has 2 aliphatic rings. The van der Waals surface area contributed by atoms with Crippen molar-refractivity contribution < 1.29 is 4.79 Å². The SMILES string of the molecule is NC1=NC(I)(c2cccc(NC(=O)CC3C=CC(I)CC3)c2)CCS1. The minimum absolute atomic E-state index is 0.0726. The summed E-state index contributed by atoms with van der Waals surface area (Å²) >= 11 is 6.40. The second-order valence-corrected chi connectivity index (χ2v) is 10.9. The number of anilines is 1. The molecule has 3 unspecified atom stereocenters. The summed E-state index contributed by atoms with van der Waals surface area (Å²) in [5.41, 5.74) is 7.83. The number of amidine groups is 1. The second-order valence-electron chi connectivity index (χ2n) is 6.38. The summed E-state index contributed by atoms with van der Waals surface area (Å²) in [6, 6.07) is 7.98. The number of allylic oxidation sites excluding steroid dienone is 2. The molecule has 1 aliphatic carbocycles. The van der Waals surface area contributed by atoms with Gasteiger partial charge in [-0.2, -0.15) is 0 Å².